The van der Waals surface area contributed by atoms with Gasteiger partial charge in [0.15, 0.2) is 0 Å². The number of hydrogen-bond acceptors (Lipinski definition) is 1. The van der Waals surface area contributed by atoms with Gasteiger partial charge in [-0.1, -0.05) is 13.8 Å². The maximum absolute atomic E-state index is 13.1. The maximum Gasteiger partial charge on any atom is 0.287 e. The van der Waals surface area contributed by atoms with Crippen LogP contribution in [-0.4, -0.2) is 52.3 Å². The highest BCUT2D eigenvalue weighted by Gasteiger charge is 2.57. The summed E-state index contributed by atoms with van der Waals surface area (Å²) in [6.07, 6.45) is 0. The lowest BCUT2D eigenvalue weighted by Crippen LogP contribution is -2.28. The van der Waals surface area contributed by atoms with Gasteiger partial charge in [-0.3, -0.25) is 4.57 Å². The van der Waals surface area contributed by atoms with Crippen LogP contribution in [0.4, 0.5) is 0 Å². The van der Waals surface area contributed by atoms with Gasteiger partial charge in [0.1, 0.15) is 0 Å². The molecular weight excluding hydrogens is 209 g/mol. The second-order valence-electron chi connectivity index (χ2n) is 4.59. The summed E-state index contributed by atoms with van der Waals surface area (Å²) < 4.78 is 19.6. The van der Waals surface area contributed by atoms with E-state index < -0.39 is 7.59 Å². The monoisotopic (exact) mass is 231 g/mol. The molecule has 2 heterocycles. The van der Waals surface area contributed by atoms with E-state index in [0.717, 1.165) is 26.2 Å². The Kier molecular flexibility index (Phi) is 2.97. The second-order valence-corrected chi connectivity index (χ2v) is 7.21. The van der Waals surface area contributed by atoms with Crippen LogP contribution in [-0.2, 0) is 4.57 Å². The minimum absolute atomic E-state index is 0.504. The molecule has 88 valence electrons. The Balaban J connectivity index is 2.19. The SMILES string of the molecule is CCN(CC)P(=O)(N1C[C@@H]1C)N1C[C@@H]1C. The van der Waals surface area contributed by atoms with Crippen molar-refractivity contribution in [1.82, 2.24) is 14.0 Å². The van der Waals surface area contributed by atoms with E-state index in [-0.39, 0.29) is 0 Å². The smallest absolute Gasteiger partial charge is 0.270 e. The van der Waals surface area contributed by atoms with Crippen molar-refractivity contribution in [3.05, 3.63) is 0 Å². The van der Waals surface area contributed by atoms with Crippen LogP contribution in [0.1, 0.15) is 27.7 Å². The van der Waals surface area contributed by atoms with Crippen LogP contribution in [0, 0.1) is 0 Å². The summed E-state index contributed by atoms with van der Waals surface area (Å²) in [6, 6.07) is 1.01. The molecule has 2 saturated heterocycles. The molecule has 0 aliphatic carbocycles. The molecule has 4 nitrogen and oxygen atoms in total. The number of hydrogen-bond donors (Lipinski definition) is 0. The molecular formula is C10H22N3OP. The Hall–Kier alpha value is 0.110. The van der Waals surface area contributed by atoms with Crippen LogP contribution in [0.15, 0.2) is 0 Å². The normalized spacial score (nSPS) is 42.7. The van der Waals surface area contributed by atoms with E-state index >= 15 is 0 Å². The molecule has 0 saturated carbocycles. The molecule has 15 heavy (non-hydrogen) atoms. The van der Waals surface area contributed by atoms with Gasteiger partial charge in [-0.25, -0.2) is 14.0 Å². The maximum atomic E-state index is 13.1. The first-order chi connectivity index (χ1) is 7.05. The molecule has 5 heteroatoms. The molecule has 0 aromatic rings. The van der Waals surface area contributed by atoms with Gasteiger partial charge in [0.2, 0.25) is 0 Å². The third-order valence-corrected chi connectivity index (χ3v) is 7.18. The van der Waals surface area contributed by atoms with Crippen LogP contribution in [0.25, 0.3) is 0 Å². The first-order valence-electron chi connectivity index (χ1n) is 5.95. The molecule has 4 atom stereocenters. The Morgan fingerprint density at radius 2 is 1.47 bits per heavy atom. The summed E-state index contributed by atoms with van der Waals surface area (Å²) in [5.41, 5.74) is 0. The Morgan fingerprint density at radius 1 is 1.13 bits per heavy atom. The van der Waals surface area contributed by atoms with Crippen LogP contribution >= 0.6 is 7.59 Å². The van der Waals surface area contributed by atoms with Gasteiger partial charge < -0.3 is 0 Å². The zero-order valence-corrected chi connectivity index (χ0v) is 11.1. The van der Waals surface area contributed by atoms with E-state index in [0.29, 0.717) is 12.1 Å². The van der Waals surface area contributed by atoms with Gasteiger partial charge in [0.25, 0.3) is 7.59 Å². The third kappa shape index (κ3) is 1.78. The summed E-state index contributed by atoms with van der Waals surface area (Å²) in [7, 11) is -2.36. The summed E-state index contributed by atoms with van der Waals surface area (Å²) in [6.45, 7) is 12.3. The molecule has 0 aromatic carbocycles. The van der Waals surface area contributed by atoms with E-state index in [9.17, 15) is 4.57 Å². The summed E-state index contributed by atoms with van der Waals surface area (Å²) in [4.78, 5) is 0. The zero-order valence-electron chi connectivity index (χ0n) is 10.2. The number of nitrogens with zero attached hydrogens (tertiary/aromatic N) is 3. The molecule has 2 fully saturated rings. The zero-order chi connectivity index (χ0) is 11.2. The van der Waals surface area contributed by atoms with E-state index in [2.05, 4.69) is 41.7 Å². The van der Waals surface area contributed by atoms with Gasteiger partial charge in [-0.05, 0) is 13.8 Å². The van der Waals surface area contributed by atoms with E-state index in [1.165, 1.54) is 0 Å². The topological polar surface area (TPSA) is 26.3 Å². The van der Waals surface area contributed by atoms with Crippen molar-refractivity contribution in [1.29, 1.82) is 0 Å². The fourth-order valence-electron chi connectivity index (χ4n) is 2.24. The van der Waals surface area contributed by atoms with Gasteiger partial charge in [-0.15, -0.1) is 0 Å². The molecule has 2 aliphatic rings. The largest absolute Gasteiger partial charge is 0.287 e. The quantitative estimate of drug-likeness (QED) is 0.533. The van der Waals surface area contributed by atoms with Gasteiger partial charge >= 0.3 is 0 Å². The van der Waals surface area contributed by atoms with Crippen molar-refractivity contribution >= 4 is 7.59 Å². The Morgan fingerprint density at radius 3 is 1.67 bits per heavy atom. The van der Waals surface area contributed by atoms with Crippen molar-refractivity contribution in [3.63, 3.8) is 0 Å². The standard InChI is InChI=1S/C10H22N3OP/c1-5-11(6-2)15(14,12-7-9(12)3)13-8-10(13)4/h9-10H,5-8H2,1-4H3/t9-,10-,12?,13?,15?/m0/s1. The average Bonchev–Trinajstić information content (AvgIpc) is 3.07. The molecule has 2 aliphatic heterocycles. The number of rotatable bonds is 5. The predicted molar refractivity (Wildman–Crippen MR) is 62.9 cm³/mol. The fraction of sp³-hybridized carbons (Fsp3) is 1.00. The highest BCUT2D eigenvalue weighted by Crippen LogP contribution is 2.66. The van der Waals surface area contributed by atoms with Crippen molar-refractivity contribution in [2.45, 2.75) is 39.8 Å². The first-order valence-corrected chi connectivity index (χ1v) is 7.51. The van der Waals surface area contributed by atoms with Crippen molar-refractivity contribution in [2.75, 3.05) is 26.2 Å². The average molecular weight is 231 g/mol. The van der Waals surface area contributed by atoms with E-state index in [1.54, 1.807) is 0 Å². The third-order valence-electron chi connectivity index (χ3n) is 3.42. The van der Waals surface area contributed by atoms with E-state index in [1.807, 2.05) is 0 Å². The van der Waals surface area contributed by atoms with Crippen molar-refractivity contribution < 1.29 is 4.57 Å². The molecule has 0 aromatic heterocycles. The molecule has 2 rings (SSSR count). The lowest BCUT2D eigenvalue weighted by molar-refractivity contribution is 0.380. The van der Waals surface area contributed by atoms with Crippen LogP contribution in [0.2, 0.25) is 0 Å². The molecule has 0 radical (unpaired) electrons. The predicted octanol–water partition coefficient (Wildman–Crippen LogP) is 1.84. The van der Waals surface area contributed by atoms with Crippen LogP contribution < -0.4 is 0 Å². The first kappa shape index (κ1) is 11.6. The molecule has 2 unspecified atom stereocenters. The highest BCUT2D eigenvalue weighted by molar-refractivity contribution is 7.57. The summed E-state index contributed by atoms with van der Waals surface area (Å²) >= 11 is 0. The lowest BCUT2D eigenvalue weighted by atomic mass is 10.6. The Bertz CT molecular complexity index is 272. The molecule has 0 bridgehead atoms. The molecule has 0 amide bonds. The highest BCUT2D eigenvalue weighted by atomic mass is 31.2. The summed E-state index contributed by atoms with van der Waals surface area (Å²) in [5.74, 6) is 0. The second kappa shape index (κ2) is 3.85. The van der Waals surface area contributed by atoms with Gasteiger partial charge in [0.05, 0.1) is 0 Å². The molecule has 0 N–H and O–H groups in total. The minimum Gasteiger partial charge on any atom is -0.270 e. The van der Waals surface area contributed by atoms with Crippen LogP contribution in [0.5, 0.6) is 0 Å². The Labute approximate surface area is 92.7 Å². The lowest BCUT2D eigenvalue weighted by Gasteiger charge is -2.32. The van der Waals surface area contributed by atoms with E-state index in [4.69, 9.17) is 0 Å². The van der Waals surface area contributed by atoms with Crippen LogP contribution in [0.3, 0.4) is 0 Å². The van der Waals surface area contributed by atoms with Crippen molar-refractivity contribution in [2.24, 2.45) is 0 Å². The minimum atomic E-state index is -2.36. The summed E-state index contributed by atoms with van der Waals surface area (Å²) in [5, 5.41) is 0. The fourth-order valence-corrected chi connectivity index (χ4v) is 5.85. The molecule has 0 spiro atoms. The van der Waals surface area contributed by atoms with Gasteiger partial charge in [-0.2, -0.15) is 0 Å². The van der Waals surface area contributed by atoms with Crippen molar-refractivity contribution in [3.8, 4) is 0 Å². The van der Waals surface area contributed by atoms with Gasteiger partial charge in [0, 0.05) is 38.3 Å².